The summed E-state index contributed by atoms with van der Waals surface area (Å²) < 4.78 is 27.2. The summed E-state index contributed by atoms with van der Waals surface area (Å²) >= 11 is 0. The number of rotatable bonds is 9. The van der Waals surface area contributed by atoms with E-state index in [1.807, 2.05) is 24.3 Å². The highest BCUT2D eigenvalue weighted by atomic mass is 19.2. The highest BCUT2D eigenvalue weighted by Gasteiger charge is 2.24. The number of likely N-dealkylation sites (tertiary alicyclic amines) is 1. The molecule has 0 unspecified atom stereocenters. The van der Waals surface area contributed by atoms with E-state index < -0.39 is 17.6 Å². The molecule has 4 rings (SSSR count). The van der Waals surface area contributed by atoms with E-state index in [-0.39, 0.29) is 31.1 Å². The van der Waals surface area contributed by atoms with Crippen molar-refractivity contribution in [1.29, 1.82) is 0 Å². The fraction of sp³-hybridized carbons (Fsp3) is 0.393. The van der Waals surface area contributed by atoms with E-state index in [0.717, 1.165) is 54.4 Å². The number of benzene rings is 2. The zero-order chi connectivity index (χ0) is 25.5. The number of carbonyl (C=O) groups is 2. The van der Waals surface area contributed by atoms with Crippen LogP contribution in [-0.2, 0) is 22.6 Å². The van der Waals surface area contributed by atoms with Gasteiger partial charge in [-0.2, -0.15) is 0 Å². The van der Waals surface area contributed by atoms with E-state index in [1.54, 1.807) is 6.20 Å². The molecule has 3 aromatic rings. The minimum Gasteiger partial charge on any atom is -0.383 e. The number of nitrogens with one attached hydrogen (secondary N) is 1. The number of halogens is 2. The van der Waals surface area contributed by atoms with E-state index in [2.05, 4.69) is 15.2 Å². The van der Waals surface area contributed by atoms with Crippen LogP contribution in [0.15, 0.2) is 48.7 Å². The van der Waals surface area contributed by atoms with E-state index in [9.17, 15) is 18.4 Å². The molecule has 2 aromatic carbocycles. The fourth-order valence-electron chi connectivity index (χ4n) is 4.79. The number of nitrogens with two attached hydrogens (primary N) is 1. The SMILES string of the molecule is Nc1nccc2cc(CNC(=O)[C@@H](CC(=O)CN3CCCCCC3)Cc3ccc(F)c(F)c3)ccc12. The van der Waals surface area contributed by atoms with Crippen LogP contribution in [0.2, 0.25) is 0 Å². The van der Waals surface area contributed by atoms with Crippen LogP contribution in [0.3, 0.4) is 0 Å². The smallest absolute Gasteiger partial charge is 0.224 e. The van der Waals surface area contributed by atoms with Gasteiger partial charge in [-0.05, 0) is 73.1 Å². The molecule has 1 fully saturated rings. The van der Waals surface area contributed by atoms with Crippen LogP contribution < -0.4 is 11.1 Å². The van der Waals surface area contributed by atoms with Crippen LogP contribution in [0.4, 0.5) is 14.6 Å². The van der Waals surface area contributed by atoms with Crippen molar-refractivity contribution >= 4 is 28.3 Å². The predicted octanol–water partition coefficient (Wildman–Crippen LogP) is 4.41. The van der Waals surface area contributed by atoms with Crippen molar-refractivity contribution in [3.05, 3.63) is 71.4 Å². The van der Waals surface area contributed by atoms with Gasteiger partial charge in [0.1, 0.15) is 11.6 Å². The molecular formula is C28H32F2N4O2. The topological polar surface area (TPSA) is 88.3 Å². The van der Waals surface area contributed by atoms with E-state index in [4.69, 9.17) is 5.73 Å². The summed E-state index contributed by atoms with van der Waals surface area (Å²) in [6, 6.07) is 11.1. The first-order valence-corrected chi connectivity index (χ1v) is 12.5. The van der Waals surface area contributed by atoms with E-state index in [1.165, 1.54) is 18.9 Å². The van der Waals surface area contributed by atoms with Crippen LogP contribution in [0, 0.1) is 17.6 Å². The lowest BCUT2D eigenvalue weighted by atomic mass is 9.93. The molecule has 0 spiro atoms. The van der Waals surface area contributed by atoms with Gasteiger partial charge in [0.15, 0.2) is 11.6 Å². The Balaban J connectivity index is 1.44. The summed E-state index contributed by atoms with van der Waals surface area (Å²) in [6.07, 6.45) is 6.30. The summed E-state index contributed by atoms with van der Waals surface area (Å²) in [7, 11) is 0. The number of carbonyl (C=O) groups excluding carboxylic acids is 2. The average Bonchev–Trinajstić information content (AvgIpc) is 3.13. The molecule has 1 saturated heterocycles. The van der Waals surface area contributed by atoms with Gasteiger partial charge in [-0.1, -0.05) is 31.0 Å². The number of aromatic nitrogens is 1. The number of ketones is 1. The summed E-state index contributed by atoms with van der Waals surface area (Å²) in [5, 5.41) is 4.68. The Labute approximate surface area is 209 Å². The van der Waals surface area contributed by atoms with Gasteiger partial charge in [-0.3, -0.25) is 14.5 Å². The minimum atomic E-state index is -0.965. The number of fused-ring (bicyclic) bond motifs is 1. The predicted molar refractivity (Wildman–Crippen MR) is 136 cm³/mol. The fourth-order valence-corrected chi connectivity index (χ4v) is 4.79. The van der Waals surface area contributed by atoms with Crippen LogP contribution in [0.1, 0.15) is 43.2 Å². The Kier molecular flexibility index (Phi) is 8.59. The summed E-state index contributed by atoms with van der Waals surface area (Å²) in [6.45, 7) is 2.34. The lowest BCUT2D eigenvalue weighted by Gasteiger charge is -2.21. The minimum absolute atomic E-state index is 0.0201. The highest BCUT2D eigenvalue weighted by molar-refractivity contribution is 5.91. The zero-order valence-electron chi connectivity index (χ0n) is 20.3. The van der Waals surface area contributed by atoms with Crippen molar-refractivity contribution in [2.45, 2.75) is 45.1 Å². The first-order valence-electron chi connectivity index (χ1n) is 12.5. The maximum absolute atomic E-state index is 13.8. The van der Waals surface area contributed by atoms with Crippen molar-refractivity contribution in [2.24, 2.45) is 5.92 Å². The monoisotopic (exact) mass is 494 g/mol. The van der Waals surface area contributed by atoms with Gasteiger partial charge >= 0.3 is 0 Å². The highest BCUT2D eigenvalue weighted by Crippen LogP contribution is 2.21. The average molecular weight is 495 g/mol. The van der Waals surface area contributed by atoms with Gasteiger partial charge in [0, 0.05) is 30.5 Å². The number of pyridine rings is 1. The van der Waals surface area contributed by atoms with Gasteiger partial charge in [0.25, 0.3) is 0 Å². The lowest BCUT2D eigenvalue weighted by Crippen LogP contribution is -2.36. The first-order chi connectivity index (χ1) is 17.4. The van der Waals surface area contributed by atoms with Crippen molar-refractivity contribution in [3.8, 4) is 0 Å². The van der Waals surface area contributed by atoms with Gasteiger partial charge < -0.3 is 11.1 Å². The second-order valence-corrected chi connectivity index (χ2v) is 9.55. The van der Waals surface area contributed by atoms with Crippen molar-refractivity contribution in [1.82, 2.24) is 15.2 Å². The molecule has 0 bridgehead atoms. The number of Topliss-reactive ketones (excluding diaryl/α,β-unsaturated/α-hetero) is 1. The number of hydrogen-bond acceptors (Lipinski definition) is 5. The quantitative estimate of drug-likeness (QED) is 0.460. The molecule has 1 aliphatic rings. The van der Waals surface area contributed by atoms with Crippen molar-refractivity contribution < 1.29 is 18.4 Å². The maximum Gasteiger partial charge on any atom is 0.224 e. The van der Waals surface area contributed by atoms with Crippen LogP contribution in [-0.4, -0.2) is 41.2 Å². The third kappa shape index (κ3) is 6.85. The van der Waals surface area contributed by atoms with E-state index >= 15 is 0 Å². The molecule has 36 heavy (non-hydrogen) atoms. The Bertz CT molecular complexity index is 1230. The second kappa shape index (κ2) is 12.0. The molecule has 1 aliphatic heterocycles. The third-order valence-corrected chi connectivity index (χ3v) is 6.74. The van der Waals surface area contributed by atoms with E-state index in [0.29, 0.717) is 17.9 Å². The first kappa shape index (κ1) is 25.7. The normalized spacial score (nSPS) is 15.4. The molecule has 1 aromatic heterocycles. The molecule has 190 valence electrons. The molecule has 0 aliphatic carbocycles. The summed E-state index contributed by atoms with van der Waals surface area (Å²) in [4.78, 5) is 32.4. The van der Waals surface area contributed by atoms with Gasteiger partial charge in [0.2, 0.25) is 5.91 Å². The third-order valence-electron chi connectivity index (χ3n) is 6.74. The Morgan fingerprint density at radius 2 is 1.72 bits per heavy atom. The molecular weight excluding hydrogens is 462 g/mol. The van der Waals surface area contributed by atoms with Crippen LogP contribution in [0.25, 0.3) is 10.8 Å². The molecule has 0 radical (unpaired) electrons. The number of hydrogen-bond donors (Lipinski definition) is 2. The number of anilines is 1. The standard InChI is InChI=1S/C28H32F2N4O2/c29-25-8-6-19(15-26(25)30)13-22(16-23(35)18-34-11-3-1-2-4-12-34)28(36)33-17-20-5-7-24-21(14-20)9-10-32-27(24)31/h5-10,14-15,22H,1-4,11-13,16-18H2,(H2,31,32)(H,33,36)/t22-/m1/s1. The second-order valence-electron chi connectivity index (χ2n) is 9.55. The molecule has 2 heterocycles. The maximum atomic E-state index is 13.8. The van der Waals surface area contributed by atoms with Crippen LogP contribution in [0.5, 0.6) is 0 Å². The summed E-state index contributed by atoms with van der Waals surface area (Å²) in [5.74, 6) is -2.46. The van der Waals surface area contributed by atoms with Gasteiger partial charge in [-0.25, -0.2) is 13.8 Å². The summed E-state index contributed by atoms with van der Waals surface area (Å²) in [5.41, 5.74) is 7.27. The van der Waals surface area contributed by atoms with Crippen LogP contribution >= 0.6 is 0 Å². The van der Waals surface area contributed by atoms with Crippen molar-refractivity contribution in [2.75, 3.05) is 25.4 Å². The number of nitrogen functional groups attached to an aromatic ring is 1. The van der Waals surface area contributed by atoms with Crippen molar-refractivity contribution in [3.63, 3.8) is 0 Å². The Hall–Kier alpha value is -3.39. The van der Waals surface area contributed by atoms with Gasteiger partial charge in [-0.15, -0.1) is 0 Å². The largest absolute Gasteiger partial charge is 0.383 e. The number of amides is 1. The Morgan fingerprint density at radius 1 is 0.972 bits per heavy atom. The molecule has 1 atom stereocenters. The zero-order valence-corrected chi connectivity index (χ0v) is 20.3. The molecule has 0 saturated carbocycles. The lowest BCUT2D eigenvalue weighted by molar-refractivity contribution is -0.130. The molecule has 3 N–H and O–H groups in total. The molecule has 8 heteroatoms. The Morgan fingerprint density at radius 3 is 2.47 bits per heavy atom. The molecule has 6 nitrogen and oxygen atoms in total. The number of nitrogens with zero attached hydrogens (tertiary/aromatic N) is 2. The van der Waals surface area contributed by atoms with Gasteiger partial charge in [0.05, 0.1) is 6.54 Å². The molecule has 1 amide bonds.